The van der Waals surface area contributed by atoms with Crippen LogP contribution in [0.15, 0.2) is 18.2 Å². The molecule has 2 rings (SSSR count). The highest BCUT2D eigenvalue weighted by Gasteiger charge is 2.18. The summed E-state index contributed by atoms with van der Waals surface area (Å²) < 4.78 is 7.27. The van der Waals surface area contributed by atoms with E-state index in [0.717, 1.165) is 23.9 Å². The summed E-state index contributed by atoms with van der Waals surface area (Å²) in [6, 6.07) is 5.83. The normalized spacial score (nSPS) is 13.1. The van der Waals surface area contributed by atoms with Gasteiger partial charge in [-0.05, 0) is 18.6 Å². The number of rotatable bonds is 5. The van der Waals surface area contributed by atoms with Crippen LogP contribution >= 0.6 is 11.6 Å². The van der Waals surface area contributed by atoms with Crippen molar-refractivity contribution in [3.8, 4) is 0 Å². The third-order valence-electron chi connectivity index (χ3n) is 3.03. The average molecular weight is 268 g/mol. The predicted octanol–water partition coefficient (Wildman–Crippen LogP) is 3.26. The Kier molecular flexibility index (Phi) is 4.09. The summed E-state index contributed by atoms with van der Waals surface area (Å²) in [4.78, 5) is 4.36. The Balaban J connectivity index is 2.56. The van der Waals surface area contributed by atoms with Crippen LogP contribution in [-0.2, 0) is 4.74 Å². The van der Waals surface area contributed by atoms with E-state index in [1.54, 1.807) is 7.11 Å². The molecule has 1 atom stereocenters. The van der Waals surface area contributed by atoms with E-state index in [2.05, 4.69) is 11.9 Å². The van der Waals surface area contributed by atoms with Crippen LogP contribution < -0.4 is 5.73 Å². The summed E-state index contributed by atoms with van der Waals surface area (Å²) in [5.74, 6) is 0.494. The average Bonchev–Trinajstić information content (AvgIpc) is 2.66. The molecule has 0 aliphatic carbocycles. The molecule has 5 heteroatoms. The Morgan fingerprint density at radius 2 is 2.28 bits per heavy atom. The molecule has 0 saturated carbocycles. The molecule has 0 spiro atoms. The van der Waals surface area contributed by atoms with E-state index < -0.39 is 0 Å². The minimum Gasteiger partial charge on any atom is -0.383 e. The number of hydrogen-bond acceptors (Lipinski definition) is 3. The van der Waals surface area contributed by atoms with Crippen LogP contribution in [0.4, 0.5) is 5.95 Å². The largest absolute Gasteiger partial charge is 0.383 e. The number of hydrogen-bond donors (Lipinski definition) is 1. The number of nitrogens with zero attached hydrogens (tertiary/aromatic N) is 2. The maximum Gasteiger partial charge on any atom is 0.201 e. The number of methoxy groups -OCH3 is 1. The van der Waals surface area contributed by atoms with Crippen LogP contribution in [0.3, 0.4) is 0 Å². The van der Waals surface area contributed by atoms with Gasteiger partial charge in [-0.25, -0.2) is 4.98 Å². The maximum atomic E-state index is 6.26. The van der Waals surface area contributed by atoms with Gasteiger partial charge in [0.25, 0.3) is 0 Å². The third-order valence-corrected chi connectivity index (χ3v) is 3.34. The molecule has 0 bridgehead atoms. The Labute approximate surface area is 112 Å². The zero-order valence-corrected chi connectivity index (χ0v) is 11.4. The number of aromatic nitrogens is 2. The van der Waals surface area contributed by atoms with Crippen LogP contribution in [0, 0.1) is 0 Å². The van der Waals surface area contributed by atoms with Gasteiger partial charge in [0.15, 0.2) is 0 Å². The first-order valence-electron chi connectivity index (χ1n) is 6.09. The lowest BCUT2D eigenvalue weighted by atomic mass is 10.1. The molecule has 1 aromatic carbocycles. The highest BCUT2D eigenvalue weighted by Crippen LogP contribution is 2.30. The van der Waals surface area contributed by atoms with E-state index in [0.29, 0.717) is 17.6 Å². The molecule has 0 saturated heterocycles. The number of halogens is 1. The molecule has 0 radical (unpaired) electrons. The summed E-state index contributed by atoms with van der Waals surface area (Å²) in [5, 5.41) is 0.675. The van der Waals surface area contributed by atoms with Crippen molar-refractivity contribution in [2.45, 2.75) is 25.8 Å². The Bertz CT molecular complexity index is 532. The van der Waals surface area contributed by atoms with Crippen LogP contribution in [0.2, 0.25) is 5.02 Å². The monoisotopic (exact) mass is 267 g/mol. The summed E-state index contributed by atoms with van der Waals surface area (Å²) in [5.41, 5.74) is 7.75. The van der Waals surface area contributed by atoms with Gasteiger partial charge in [-0.15, -0.1) is 0 Å². The highest BCUT2D eigenvalue weighted by atomic mass is 35.5. The molecule has 1 unspecified atom stereocenters. The molecule has 1 heterocycles. The van der Waals surface area contributed by atoms with Gasteiger partial charge in [0.05, 0.1) is 28.7 Å². The number of nitrogen functional groups attached to an aromatic ring is 1. The van der Waals surface area contributed by atoms with Gasteiger partial charge in [-0.2, -0.15) is 0 Å². The first-order chi connectivity index (χ1) is 8.69. The number of para-hydroxylation sites is 1. The Hall–Kier alpha value is -1.26. The summed E-state index contributed by atoms with van der Waals surface area (Å²) in [7, 11) is 1.69. The van der Waals surface area contributed by atoms with Crippen molar-refractivity contribution < 1.29 is 4.74 Å². The standard InChI is InChI=1S/C13H18ClN3O/c1-3-5-9(8-18-2)17-12-10(14)6-4-7-11(12)16-13(17)15/h4,6-7,9H,3,5,8H2,1-2H3,(H2,15,16). The van der Waals surface area contributed by atoms with Crippen molar-refractivity contribution in [1.82, 2.24) is 9.55 Å². The summed E-state index contributed by atoms with van der Waals surface area (Å²) in [6.45, 7) is 2.74. The van der Waals surface area contributed by atoms with Crippen molar-refractivity contribution in [3.05, 3.63) is 23.2 Å². The highest BCUT2D eigenvalue weighted by molar-refractivity contribution is 6.35. The fourth-order valence-electron chi connectivity index (χ4n) is 2.31. The van der Waals surface area contributed by atoms with Crippen LogP contribution in [0.25, 0.3) is 11.0 Å². The van der Waals surface area contributed by atoms with Crippen molar-refractivity contribution in [3.63, 3.8) is 0 Å². The first-order valence-corrected chi connectivity index (χ1v) is 6.47. The fourth-order valence-corrected chi connectivity index (χ4v) is 2.57. The molecule has 0 aliphatic heterocycles. The zero-order chi connectivity index (χ0) is 13.1. The second kappa shape index (κ2) is 5.59. The van der Waals surface area contributed by atoms with Gasteiger partial charge in [0.1, 0.15) is 0 Å². The van der Waals surface area contributed by atoms with E-state index in [1.807, 2.05) is 22.8 Å². The second-order valence-electron chi connectivity index (χ2n) is 4.35. The molecule has 2 aromatic rings. The van der Waals surface area contributed by atoms with Crippen molar-refractivity contribution >= 4 is 28.6 Å². The number of benzene rings is 1. The third kappa shape index (κ3) is 2.31. The molecular formula is C13H18ClN3O. The summed E-state index contributed by atoms with van der Waals surface area (Å²) in [6.07, 6.45) is 2.03. The van der Waals surface area contributed by atoms with Gasteiger partial charge in [-0.1, -0.05) is 31.0 Å². The van der Waals surface area contributed by atoms with Crippen LogP contribution in [-0.4, -0.2) is 23.3 Å². The maximum absolute atomic E-state index is 6.26. The van der Waals surface area contributed by atoms with Crippen LogP contribution in [0.5, 0.6) is 0 Å². The number of fused-ring (bicyclic) bond motifs is 1. The first kappa shape index (κ1) is 13.2. The Morgan fingerprint density at radius 1 is 1.50 bits per heavy atom. The molecule has 0 aliphatic rings. The predicted molar refractivity (Wildman–Crippen MR) is 75.0 cm³/mol. The van der Waals surface area contributed by atoms with Crippen molar-refractivity contribution in [1.29, 1.82) is 0 Å². The zero-order valence-electron chi connectivity index (χ0n) is 10.7. The lowest BCUT2D eigenvalue weighted by molar-refractivity contribution is 0.153. The van der Waals surface area contributed by atoms with Gasteiger partial charge in [0.2, 0.25) is 5.95 Å². The lowest BCUT2D eigenvalue weighted by Crippen LogP contribution is -2.16. The van der Waals surface area contributed by atoms with E-state index in [-0.39, 0.29) is 6.04 Å². The molecule has 0 amide bonds. The smallest absolute Gasteiger partial charge is 0.201 e. The van der Waals surface area contributed by atoms with Gasteiger partial charge >= 0.3 is 0 Å². The molecule has 1 aromatic heterocycles. The molecule has 98 valence electrons. The number of ether oxygens (including phenoxy) is 1. The quantitative estimate of drug-likeness (QED) is 0.905. The molecule has 18 heavy (non-hydrogen) atoms. The number of anilines is 1. The van der Waals surface area contributed by atoms with Gasteiger partial charge in [0, 0.05) is 7.11 Å². The van der Waals surface area contributed by atoms with Gasteiger partial charge in [-0.3, -0.25) is 0 Å². The fraction of sp³-hybridized carbons (Fsp3) is 0.462. The molecule has 4 nitrogen and oxygen atoms in total. The van der Waals surface area contributed by atoms with E-state index >= 15 is 0 Å². The summed E-state index contributed by atoms with van der Waals surface area (Å²) >= 11 is 6.26. The second-order valence-corrected chi connectivity index (χ2v) is 4.75. The number of imidazole rings is 1. The van der Waals surface area contributed by atoms with E-state index in [4.69, 9.17) is 22.1 Å². The Morgan fingerprint density at radius 3 is 2.94 bits per heavy atom. The van der Waals surface area contributed by atoms with E-state index in [1.165, 1.54) is 0 Å². The topological polar surface area (TPSA) is 53.1 Å². The van der Waals surface area contributed by atoms with Crippen molar-refractivity contribution in [2.75, 3.05) is 19.5 Å². The molecule has 0 fully saturated rings. The minimum absolute atomic E-state index is 0.171. The minimum atomic E-state index is 0.171. The van der Waals surface area contributed by atoms with Crippen LogP contribution in [0.1, 0.15) is 25.8 Å². The number of nitrogens with two attached hydrogens (primary N) is 1. The lowest BCUT2D eigenvalue weighted by Gasteiger charge is -2.19. The molecular weight excluding hydrogens is 250 g/mol. The molecule has 2 N–H and O–H groups in total. The van der Waals surface area contributed by atoms with Gasteiger partial charge < -0.3 is 15.0 Å². The van der Waals surface area contributed by atoms with E-state index in [9.17, 15) is 0 Å². The SMILES string of the molecule is CCCC(COC)n1c(N)nc2cccc(Cl)c21. The van der Waals surface area contributed by atoms with Crippen molar-refractivity contribution in [2.24, 2.45) is 0 Å².